The van der Waals surface area contributed by atoms with Gasteiger partial charge in [0.15, 0.2) is 0 Å². The second-order valence-corrected chi connectivity index (χ2v) is 14.2. The van der Waals surface area contributed by atoms with Crippen LogP contribution in [-0.2, 0) is 10.9 Å². The zero-order valence-corrected chi connectivity index (χ0v) is 26.3. The molecule has 0 amide bonds. The fourth-order valence-corrected chi connectivity index (χ4v) is 5.08. The van der Waals surface area contributed by atoms with Gasteiger partial charge in [-0.25, -0.2) is 9.98 Å². The van der Waals surface area contributed by atoms with E-state index in [9.17, 15) is 0 Å². The molecule has 0 spiro atoms. The number of nitrogens with zero attached hydrogens (tertiary/aromatic N) is 2. The van der Waals surface area contributed by atoms with Gasteiger partial charge in [-0.2, -0.15) is 0 Å². The summed E-state index contributed by atoms with van der Waals surface area (Å²) in [5.41, 5.74) is 3.89. The molecule has 37 heavy (non-hydrogen) atoms. The van der Waals surface area contributed by atoms with Crippen LogP contribution in [0.15, 0.2) is 70.6 Å². The predicted molar refractivity (Wildman–Crippen MR) is 160 cm³/mol. The molecular formula is C26H16Br2Cl4N2NiO2. The first kappa shape index (κ1) is 28.7. The molecule has 0 bridgehead atoms. The quantitative estimate of drug-likeness (QED) is 0.195. The summed E-state index contributed by atoms with van der Waals surface area (Å²) < 4.78 is 10.5. The molecule has 0 unspecified atom stereocenters. The van der Waals surface area contributed by atoms with Crippen molar-refractivity contribution in [3.8, 4) is 11.5 Å². The molecule has 5 rings (SSSR count). The van der Waals surface area contributed by atoms with Gasteiger partial charge in [0, 0.05) is 40.8 Å². The summed E-state index contributed by atoms with van der Waals surface area (Å²) in [6.07, 6.45) is 0. The average Bonchev–Trinajstić information content (AvgIpc) is 3.17. The minimum atomic E-state index is 0.361. The topological polar surface area (TPSA) is 43.2 Å². The number of ether oxygens (including phenoxy) is 2. The maximum absolute atomic E-state index is 6.53. The van der Waals surface area contributed by atoms with E-state index in [1.165, 1.54) is 10.9 Å². The van der Waals surface area contributed by atoms with Crippen molar-refractivity contribution >= 4 is 108 Å². The average molecular weight is 749 g/mol. The van der Waals surface area contributed by atoms with Crippen LogP contribution in [0.3, 0.4) is 0 Å². The summed E-state index contributed by atoms with van der Waals surface area (Å²) in [6.45, 7) is 0. The van der Waals surface area contributed by atoms with Gasteiger partial charge < -0.3 is 9.47 Å². The van der Waals surface area contributed by atoms with Crippen molar-refractivity contribution in [2.45, 2.75) is 0 Å². The second kappa shape index (κ2) is 12.7. The molecule has 11 heteroatoms. The zero-order valence-electron chi connectivity index (χ0n) is 19.1. The van der Waals surface area contributed by atoms with Gasteiger partial charge in [0.05, 0.1) is 45.7 Å². The number of benzene rings is 4. The monoisotopic (exact) mass is 744 g/mol. The molecule has 0 fully saturated rings. The molecule has 0 aromatic heterocycles. The van der Waals surface area contributed by atoms with Gasteiger partial charge in [0.25, 0.3) is 0 Å². The van der Waals surface area contributed by atoms with Gasteiger partial charge in [0.1, 0.15) is 22.9 Å². The van der Waals surface area contributed by atoms with Gasteiger partial charge in [-0.05, 0) is 5.39 Å². The molecule has 0 radical (unpaired) electrons. The van der Waals surface area contributed by atoms with Crippen LogP contribution in [0.25, 0.3) is 10.8 Å². The predicted octanol–water partition coefficient (Wildman–Crippen LogP) is 10.4. The summed E-state index contributed by atoms with van der Waals surface area (Å²) in [6, 6.07) is 18.7. The molecule has 0 atom stereocenters. The van der Waals surface area contributed by atoms with Crippen molar-refractivity contribution in [1.29, 1.82) is 0 Å². The summed E-state index contributed by atoms with van der Waals surface area (Å²) >= 11 is 32.1. The van der Waals surface area contributed by atoms with Crippen LogP contribution in [-0.4, -0.2) is 25.6 Å². The standard InChI is InChI=1S/C26H16Cl4N2O2.2BrH.Ni/c1-33-14-9-18(27)25(19(28)10-14)31-23-16-7-3-5-13-6-4-8-17(22(13)16)24(23)32-26-20(29)11-15(34-2)12-21(26)30;;;/h3-12H,1-2H3;2*1H;/q;;;+2/p-2. The zero-order chi connectivity index (χ0) is 26.7. The van der Waals surface area contributed by atoms with E-state index in [2.05, 4.69) is 28.5 Å². The Kier molecular flexibility index (Phi) is 9.85. The number of halogens is 6. The Morgan fingerprint density at radius 1 is 0.649 bits per heavy atom. The van der Waals surface area contributed by atoms with E-state index < -0.39 is 0 Å². The van der Waals surface area contributed by atoms with Crippen molar-refractivity contribution in [3.63, 3.8) is 0 Å². The number of hydrogen-bond donors (Lipinski definition) is 0. The Morgan fingerprint density at radius 2 is 1.00 bits per heavy atom. The Labute approximate surface area is 254 Å². The number of methoxy groups -OCH3 is 2. The van der Waals surface area contributed by atoms with Gasteiger partial charge in [0.2, 0.25) is 0 Å². The van der Waals surface area contributed by atoms with E-state index in [1.807, 2.05) is 36.4 Å². The van der Waals surface area contributed by atoms with E-state index in [0.29, 0.717) is 54.4 Å². The van der Waals surface area contributed by atoms with E-state index in [0.717, 1.165) is 21.9 Å². The molecule has 0 saturated heterocycles. The van der Waals surface area contributed by atoms with Crippen molar-refractivity contribution in [2.75, 3.05) is 14.2 Å². The first-order chi connectivity index (χ1) is 17.8. The van der Waals surface area contributed by atoms with Gasteiger partial charge in [-0.1, -0.05) is 82.8 Å². The van der Waals surface area contributed by atoms with Gasteiger partial charge in [-0.3, -0.25) is 0 Å². The third-order valence-electron chi connectivity index (χ3n) is 5.54. The Hall–Kier alpha value is -1.31. The summed E-state index contributed by atoms with van der Waals surface area (Å²) in [5, 5.41) is 3.54. The van der Waals surface area contributed by atoms with Crippen molar-refractivity contribution in [1.82, 2.24) is 0 Å². The molecule has 1 aliphatic carbocycles. The molecule has 194 valence electrons. The molecule has 4 aromatic carbocycles. The molecule has 4 aromatic rings. The molecule has 0 saturated carbocycles. The van der Waals surface area contributed by atoms with E-state index >= 15 is 0 Å². The molecule has 0 heterocycles. The number of hydrogen-bond acceptors (Lipinski definition) is 4. The van der Waals surface area contributed by atoms with Gasteiger partial charge >= 0.3 is 39.3 Å². The normalized spacial score (nSPS) is 14.3. The fourth-order valence-electron chi connectivity index (χ4n) is 3.97. The number of aliphatic imine (C=N–C) groups is 2. The maximum atomic E-state index is 6.53. The molecule has 0 N–H and O–H groups in total. The molecule has 4 nitrogen and oxygen atoms in total. The van der Waals surface area contributed by atoms with Gasteiger partial charge in [-0.15, -0.1) is 0 Å². The van der Waals surface area contributed by atoms with Crippen molar-refractivity contribution in [2.24, 2.45) is 9.98 Å². The molecule has 1 aliphatic rings. The Morgan fingerprint density at radius 3 is 1.32 bits per heavy atom. The SMILES string of the molecule is COc1cc(Cl)c(N=C2C(=Nc3c(Cl)cc(OC)cc3Cl)c3cccc4cccc2c34)c(Cl)c1.[Br][Ni][Br]. The minimum absolute atomic E-state index is 0.361. The van der Waals surface area contributed by atoms with Crippen molar-refractivity contribution < 1.29 is 20.4 Å². The Bertz CT molecular complexity index is 1410. The van der Waals surface area contributed by atoms with Crippen LogP contribution in [0.1, 0.15) is 11.1 Å². The summed E-state index contributed by atoms with van der Waals surface area (Å²) in [4.78, 5) is 9.80. The van der Waals surface area contributed by atoms with Crippen LogP contribution < -0.4 is 9.47 Å². The van der Waals surface area contributed by atoms with Crippen LogP contribution >= 0.6 is 74.9 Å². The van der Waals surface area contributed by atoms with Crippen LogP contribution in [0.2, 0.25) is 20.1 Å². The van der Waals surface area contributed by atoms with Crippen molar-refractivity contribution in [3.05, 3.63) is 91.9 Å². The van der Waals surface area contributed by atoms with Crippen LogP contribution in [0, 0.1) is 0 Å². The second-order valence-electron chi connectivity index (χ2n) is 7.55. The fraction of sp³-hybridized carbons (Fsp3) is 0.0769. The van der Waals surface area contributed by atoms with Crippen LogP contribution in [0.4, 0.5) is 11.4 Å². The molecule has 0 aliphatic heterocycles. The Balaban J connectivity index is 0.00000102. The third kappa shape index (κ3) is 5.99. The molecular weight excluding hydrogens is 733 g/mol. The van der Waals surface area contributed by atoms with E-state index in [1.54, 1.807) is 38.5 Å². The number of rotatable bonds is 4. The summed E-state index contributed by atoms with van der Waals surface area (Å²) in [5.74, 6) is 1.09. The summed E-state index contributed by atoms with van der Waals surface area (Å²) in [7, 11) is 4.35. The van der Waals surface area contributed by atoms with E-state index in [4.69, 9.17) is 65.9 Å². The third-order valence-corrected chi connectivity index (χ3v) is 6.69. The van der Waals surface area contributed by atoms with E-state index in [-0.39, 0.29) is 0 Å². The van der Waals surface area contributed by atoms with Crippen LogP contribution in [0.5, 0.6) is 11.5 Å². The first-order valence-corrected chi connectivity index (χ1v) is 16.8. The first-order valence-electron chi connectivity index (χ1n) is 10.4.